The van der Waals surface area contributed by atoms with Gasteiger partial charge in [-0.05, 0) is 54.1 Å². The number of rotatable bonds is 6. The maximum atomic E-state index is 13.9. The number of carbonyl (C=O) groups excluding carboxylic acids is 3. The Morgan fingerprint density at radius 1 is 1.00 bits per heavy atom. The third-order valence-corrected chi connectivity index (χ3v) is 5.28. The number of nitrogens with one attached hydrogen (secondary N) is 1. The minimum absolute atomic E-state index is 0.0114. The highest BCUT2D eigenvalue weighted by molar-refractivity contribution is 6.39. The summed E-state index contributed by atoms with van der Waals surface area (Å²) in [5, 5.41) is 2.60. The maximum absolute atomic E-state index is 13.9. The van der Waals surface area contributed by atoms with E-state index in [0.29, 0.717) is 27.6 Å². The van der Waals surface area contributed by atoms with Crippen molar-refractivity contribution in [1.29, 1.82) is 0 Å². The lowest BCUT2D eigenvalue weighted by atomic mass is 10.1. The summed E-state index contributed by atoms with van der Waals surface area (Å²) in [7, 11) is 1.43. The van der Waals surface area contributed by atoms with E-state index < -0.39 is 17.8 Å². The van der Waals surface area contributed by atoms with Crippen LogP contribution < -0.4 is 19.7 Å². The average molecular weight is 481 g/mol. The molecule has 172 valence electrons. The number of imide groups is 2. The van der Waals surface area contributed by atoms with Crippen molar-refractivity contribution in [2.45, 2.75) is 6.61 Å². The largest absolute Gasteiger partial charge is 0.493 e. The van der Waals surface area contributed by atoms with Crippen molar-refractivity contribution in [2.24, 2.45) is 0 Å². The molecule has 0 saturated carbocycles. The van der Waals surface area contributed by atoms with Crippen LogP contribution in [-0.4, -0.2) is 25.0 Å². The lowest BCUT2D eigenvalue weighted by molar-refractivity contribution is -0.122. The molecular formula is C25H18ClFN2O5. The van der Waals surface area contributed by atoms with Gasteiger partial charge in [-0.1, -0.05) is 35.9 Å². The van der Waals surface area contributed by atoms with Crippen molar-refractivity contribution in [3.8, 4) is 11.5 Å². The Balaban J connectivity index is 1.60. The number of nitrogens with zero attached hydrogens (tertiary/aromatic N) is 1. The highest BCUT2D eigenvalue weighted by atomic mass is 35.5. The van der Waals surface area contributed by atoms with Gasteiger partial charge >= 0.3 is 6.03 Å². The molecule has 0 aliphatic carbocycles. The van der Waals surface area contributed by atoms with Gasteiger partial charge in [0.15, 0.2) is 11.5 Å². The first-order valence-corrected chi connectivity index (χ1v) is 10.5. The Kier molecular flexibility index (Phi) is 6.60. The van der Waals surface area contributed by atoms with Crippen molar-refractivity contribution in [3.63, 3.8) is 0 Å². The fourth-order valence-electron chi connectivity index (χ4n) is 3.31. The zero-order chi connectivity index (χ0) is 24.2. The molecule has 0 bridgehead atoms. The quantitative estimate of drug-likeness (QED) is 0.407. The molecule has 9 heteroatoms. The standard InChI is InChI=1S/C25H18ClFN2O5/c1-33-22-13-15(6-11-21(22)34-14-16-4-2-3-5-20(16)27)12-19-23(30)28-25(32)29(24(19)31)18-9-7-17(26)8-10-18/h2-13H,14H2,1H3,(H,28,30,32)/b19-12+. The van der Waals surface area contributed by atoms with Crippen LogP contribution in [0.15, 0.2) is 72.3 Å². The third-order valence-electron chi connectivity index (χ3n) is 5.03. The molecule has 0 atom stereocenters. The first-order chi connectivity index (χ1) is 16.4. The Hall–Kier alpha value is -4.17. The predicted molar refractivity (Wildman–Crippen MR) is 124 cm³/mol. The summed E-state index contributed by atoms with van der Waals surface area (Å²) < 4.78 is 24.9. The van der Waals surface area contributed by atoms with Gasteiger partial charge in [0.1, 0.15) is 18.0 Å². The van der Waals surface area contributed by atoms with E-state index in [9.17, 15) is 18.8 Å². The lowest BCUT2D eigenvalue weighted by Crippen LogP contribution is -2.54. The molecule has 0 spiro atoms. The number of hydrogen-bond donors (Lipinski definition) is 1. The highest BCUT2D eigenvalue weighted by Crippen LogP contribution is 2.31. The van der Waals surface area contributed by atoms with E-state index in [1.54, 1.807) is 36.4 Å². The van der Waals surface area contributed by atoms with Crippen LogP contribution in [0.1, 0.15) is 11.1 Å². The Labute approximate surface area is 199 Å². The van der Waals surface area contributed by atoms with E-state index in [-0.39, 0.29) is 23.7 Å². The topological polar surface area (TPSA) is 84.9 Å². The molecular weight excluding hydrogens is 463 g/mol. The molecule has 0 aromatic heterocycles. The number of carbonyl (C=O) groups is 3. The number of hydrogen-bond acceptors (Lipinski definition) is 5. The molecule has 1 N–H and O–H groups in total. The predicted octanol–water partition coefficient (Wildman–Crippen LogP) is 4.73. The third kappa shape index (κ3) is 4.77. The second-order valence-corrected chi connectivity index (χ2v) is 7.66. The number of barbiturate groups is 1. The second-order valence-electron chi connectivity index (χ2n) is 7.22. The summed E-state index contributed by atoms with van der Waals surface area (Å²) in [6.45, 7) is -0.0114. The summed E-state index contributed by atoms with van der Waals surface area (Å²) in [6, 6.07) is 16.2. The van der Waals surface area contributed by atoms with Crippen molar-refractivity contribution < 1.29 is 28.2 Å². The van der Waals surface area contributed by atoms with Gasteiger partial charge in [0.25, 0.3) is 11.8 Å². The van der Waals surface area contributed by atoms with E-state index in [0.717, 1.165) is 4.90 Å². The van der Waals surface area contributed by atoms with E-state index >= 15 is 0 Å². The van der Waals surface area contributed by atoms with Crippen LogP contribution in [0.25, 0.3) is 6.08 Å². The average Bonchev–Trinajstić information content (AvgIpc) is 2.82. The van der Waals surface area contributed by atoms with Crippen LogP contribution in [0.2, 0.25) is 5.02 Å². The Morgan fingerprint density at radius 3 is 2.44 bits per heavy atom. The first kappa shape index (κ1) is 23.0. The molecule has 4 rings (SSSR count). The first-order valence-electron chi connectivity index (χ1n) is 10.1. The minimum atomic E-state index is -0.857. The second kappa shape index (κ2) is 9.76. The molecule has 4 amide bonds. The molecule has 3 aromatic carbocycles. The number of halogens is 2. The molecule has 0 unspecified atom stereocenters. The maximum Gasteiger partial charge on any atom is 0.335 e. The van der Waals surface area contributed by atoms with Crippen LogP contribution in [-0.2, 0) is 16.2 Å². The molecule has 1 aliphatic rings. The molecule has 1 fully saturated rings. The van der Waals surface area contributed by atoms with Crippen molar-refractivity contribution in [3.05, 3.63) is 94.3 Å². The molecule has 34 heavy (non-hydrogen) atoms. The number of anilines is 1. The van der Waals surface area contributed by atoms with Gasteiger partial charge in [-0.25, -0.2) is 14.1 Å². The Morgan fingerprint density at radius 2 is 1.74 bits per heavy atom. The van der Waals surface area contributed by atoms with Crippen LogP contribution in [0.3, 0.4) is 0 Å². The summed E-state index contributed by atoms with van der Waals surface area (Å²) in [5.74, 6) is -1.32. The fourth-order valence-corrected chi connectivity index (χ4v) is 3.44. The van der Waals surface area contributed by atoms with Gasteiger partial charge in [0.2, 0.25) is 0 Å². The Bertz CT molecular complexity index is 1310. The van der Waals surface area contributed by atoms with Gasteiger partial charge in [-0.2, -0.15) is 0 Å². The van der Waals surface area contributed by atoms with Crippen molar-refractivity contribution in [2.75, 3.05) is 12.0 Å². The number of amides is 4. The van der Waals surface area contributed by atoms with Crippen LogP contribution in [0, 0.1) is 5.82 Å². The molecule has 1 aliphatic heterocycles. The zero-order valence-corrected chi connectivity index (χ0v) is 18.6. The normalized spacial score (nSPS) is 14.9. The van der Waals surface area contributed by atoms with Crippen LogP contribution in [0.5, 0.6) is 11.5 Å². The summed E-state index contributed by atoms with van der Waals surface area (Å²) in [4.78, 5) is 38.6. The zero-order valence-electron chi connectivity index (χ0n) is 17.9. The van der Waals surface area contributed by atoms with E-state index in [2.05, 4.69) is 5.32 Å². The minimum Gasteiger partial charge on any atom is -0.493 e. The van der Waals surface area contributed by atoms with Crippen molar-refractivity contribution in [1.82, 2.24) is 5.32 Å². The number of ether oxygens (including phenoxy) is 2. The van der Waals surface area contributed by atoms with E-state index in [4.69, 9.17) is 21.1 Å². The van der Waals surface area contributed by atoms with Gasteiger partial charge in [-0.15, -0.1) is 0 Å². The lowest BCUT2D eigenvalue weighted by Gasteiger charge is -2.26. The van der Waals surface area contributed by atoms with Crippen LogP contribution >= 0.6 is 11.6 Å². The summed E-state index contributed by atoms with van der Waals surface area (Å²) in [5.41, 5.74) is 0.863. The highest BCUT2D eigenvalue weighted by Gasteiger charge is 2.36. The van der Waals surface area contributed by atoms with Crippen molar-refractivity contribution >= 4 is 41.2 Å². The fraction of sp³-hybridized carbons (Fsp3) is 0.0800. The summed E-state index contributed by atoms with van der Waals surface area (Å²) >= 11 is 5.88. The van der Waals surface area contributed by atoms with Gasteiger partial charge in [0, 0.05) is 10.6 Å². The smallest absolute Gasteiger partial charge is 0.335 e. The number of methoxy groups -OCH3 is 1. The number of urea groups is 1. The molecule has 0 radical (unpaired) electrons. The van der Waals surface area contributed by atoms with Gasteiger partial charge in [0.05, 0.1) is 12.8 Å². The molecule has 1 heterocycles. The number of benzene rings is 3. The monoisotopic (exact) mass is 480 g/mol. The molecule has 7 nitrogen and oxygen atoms in total. The van der Waals surface area contributed by atoms with E-state index in [1.165, 1.54) is 43.5 Å². The van der Waals surface area contributed by atoms with Gasteiger partial charge in [-0.3, -0.25) is 14.9 Å². The van der Waals surface area contributed by atoms with Gasteiger partial charge < -0.3 is 9.47 Å². The SMILES string of the molecule is COc1cc(/C=C2\C(=O)NC(=O)N(c3ccc(Cl)cc3)C2=O)ccc1OCc1ccccc1F. The molecule has 1 saturated heterocycles. The van der Waals surface area contributed by atoms with Crippen LogP contribution in [0.4, 0.5) is 14.9 Å². The summed E-state index contributed by atoms with van der Waals surface area (Å²) in [6.07, 6.45) is 1.34. The molecule has 3 aromatic rings. The van der Waals surface area contributed by atoms with E-state index in [1.807, 2.05) is 0 Å².